The second kappa shape index (κ2) is 6.77. The van der Waals surface area contributed by atoms with Gasteiger partial charge in [-0.2, -0.15) is 0 Å². The Balaban J connectivity index is 1.42. The van der Waals surface area contributed by atoms with E-state index in [0.717, 1.165) is 38.8 Å². The number of nitrogens with one attached hydrogen (secondary N) is 1. The Hall–Kier alpha value is -1.52. The van der Waals surface area contributed by atoms with E-state index in [4.69, 9.17) is 0 Å². The number of hydrogen-bond acceptors (Lipinski definition) is 2. The van der Waals surface area contributed by atoms with E-state index < -0.39 is 0 Å². The molecule has 3 fully saturated rings. The lowest BCUT2D eigenvalue weighted by Gasteiger charge is -2.36. The number of rotatable bonds is 3. The van der Waals surface area contributed by atoms with Gasteiger partial charge in [0.1, 0.15) is 5.82 Å². The lowest BCUT2D eigenvalue weighted by atomic mass is 9.95. The molecule has 0 radical (unpaired) electrons. The van der Waals surface area contributed by atoms with Crippen LogP contribution < -0.4 is 5.32 Å². The molecule has 132 valence electrons. The quantitative estimate of drug-likeness (QED) is 0.917. The van der Waals surface area contributed by atoms with Crippen molar-refractivity contribution in [1.82, 2.24) is 19.8 Å². The number of likely N-dealkylation sites (tertiary alicyclic amines) is 1. The average Bonchev–Trinajstić information content (AvgIpc) is 3.38. The number of urea groups is 1. The Morgan fingerprint density at radius 2 is 1.92 bits per heavy atom. The first-order chi connectivity index (χ1) is 11.7. The molecule has 2 aliphatic carbocycles. The van der Waals surface area contributed by atoms with Crippen molar-refractivity contribution in [3.63, 3.8) is 0 Å². The first-order valence-corrected chi connectivity index (χ1v) is 9.81. The van der Waals surface area contributed by atoms with E-state index in [9.17, 15) is 4.79 Å². The molecular weight excluding hydrogens is 300 g/mol. The zero-order chi connectivity index (χ0) is 16.5. The van der Waals surface area contributed by atoms with Gasteiger partial charge in [0, 0.05) is 36.9 Å². The van der Waals surface area contributed by atoms with Crippen LogP contribution in [0.5, 0.6) is 0 Å². The van der Waals surface area contributed by atoms with Crippen LogP contribution in [0.4, 0.5) is 4.79 Å². The van der Waals surface area contributed by atoms with E-state index in [1.807, 2.05) is 11.1 Å². The molecule has 1 aliphatic heterocycles. The fraction of sp³-hybridized carbons (Fsp3) is 0.789. The zero-order valence-corrected chi connectivity index (χ0v) is 14.8. The molecule has 0 spiro atoms. The summed E-state index contributed by atoms with van der Waals surface area (Å²) in [6.45, 7) is 3.87. The summed E-state index contributed by atoms with van der Waals surface area (Å²) in [5.41, 5.74) is 1.25. The molecule has 0 bridgehead atoms. The number of carbonyl (C=O) groups is 1. The van der Waals surface area contributed by atoms with Crippen LogP contribution in [0.15, 0.2) is 6.20 Å². The van der Waals surface area contributed by atoms with Gasteiger partial charge in [-0.05, 0) is 45.4 Å². The largest absolute Gasteiger partial charge is 0.335 e. The summed E-state index contributed by atoms with van der Waals surface area (Å²) in [4.78, 5) is 19.4. The molecule has 24 heavy (non-hydrogen) atoms. The molecule has 0 aromatic carbocycles. The maximum absolute atomic E-state index is 12.7. The third kappa shape index (κ3) is 3.31. The highest BCUT2D eigenvalue weighted by molar-refractivity contribution is 5.74. The fourth-order valence-corrected chi connectivity index (χ4v) is 4.45. The van der Waals surface area contributed by atoms with Crippen molar-refractivity contribution in [3.8, 4) is 0 Å². The molecule has 2 saturated carbocycles. The maximum atomic E-state index is 12.7. The molecule has 5 nitrogen and oxygen atoms in total. The van der Waals surface area contributed by atoms with Gasteiger partial charge in [-0.15, -0.1) is 0 Å². The third-order valence-electron chi connectivity index (χ3n) is 5.93. The van der Waals surface area contributed by atoms with E-state index in [0.29, 0.717) is 18.0 Å². The molecule has 3 aliphatic rings. The molecule has 2 amide bonds. The number of aromatic nitrogens is 2. The minimum atomic E-state index is 0.150. The van der Waals surface area contributed by atoms with Crippen LogP contribution in [0.1, 0.15) is 81.3 Å². The summed E-state index contributed by atoms with van der Waals surface area (Å²) in [5.74, 6) is 1.91. The van der Waals surface area contributed by atoms with E-state index in [1.165, 1.54) is 43.6 Å². The molecule has 1 aromatic heterocycles. The number of imidazole rings is 1. The average molecular weight is 330 g/mol. The van der Waals surface area contributed by atoms with Gasteiger partial charge in [-0.3, -0.25) is 0 Å². The normalized spacial score (nSPS) is 25.7. The number of nitrogens with zero attached hydrogens (tertiary/aromatic N) is 3. The highest BCUT2D eigenvalue weighted by atomic mass is 16.2. The smallest absolute Gasteiger partial charge is 0.317 e. The van der Waals surface area contributed by atoms with Gasteiger partial charge < -0.3 is 14.8 Å². The molecular formula is C19H30N4O. The molecule has 1 N–H and O–H groups in total. The van der Waals surface area contributed by atoms with E-state index in [-0.39, 0.29) is 6.03 Å². The lowest BCUT2D eigenvalue weighted by molar-refractivity contribution is 0.159. The molecule has 1 unspecified atom stereocenters. The Kier molecular flexibility index (Phi) is 4.51. The van der Waals surface area contributed by atoms with Crippen LogP contribution >= 0.6 is 0 Å². The van der Waals surface area contributed by atoms with Crippen LogP contribution in [0.3, 0.4) is 0 Å². The minimum Gasteiger partial charge on any atom is -0.335 e. The molecule has 4 rings (SSSR count). The van der Waals surface area contributed by atoms with Crippen molar-refractivity contribution in [2.75, 3.05) is 13.1 Å². The van der Waals surface area contributed by atoms with Gasteiger partial charge in [0.05, 0.1) is 6.04 Å². The summed E-state index contributed by atoms with van der Waals surface area (Å²) in [6, 6.07) is 0.940. The van der Waals surface area contributed by atoms with Crippen LogP contribution in [0, 0.1) is 6.92 Å². The summed E-state index contributed by atoms with van der Waals surface area (Å²) in [6.07, 6.45) is 12.9. The van der Waals surface area contributed by atoms with E-state index in [2.05, 4.69) is 21.8 Å². The van der Waals surface area contributed by atoms with Crippen molar-refractivity contribution in [2.45, 2.75) is 82.7 Å². The zero-order valence-electron chi connectivity index (χ0n) is 14.8. The van der Waals surface area contributed by atoms with Crippen molar-refractivity contribution < 1.29 is 4.79 Å². The Labute approximate surface area is 144 Å². The minimum absolute atomic E-state index is 0.150. The predicted octanol–water partition coefficient (Wildman–Crippen LogP) is 3.75. The van der Waals surface area contributed by atoms with Crippen molar-refractivity contribution in [1.29, 1.82) is 0 Å². The lowest BCUT2D eigenvalue weighted by Crippen LogP contribution is -2.49. The van der Waals surface area contributed by atoms with E-state index in [1.54, 1.807) is 0 Å². The predicted molar refractivity (Wildman–Crippen MR) is 94.2 cm³/mol. The number of carbonyl (C=O) groups excluding carboxylic acids is 1. The highest BCUT2D eigenvalue weighted by Crippen LogP contribution is 2.41. The first-order valence-electron chi connectivity index (χ1n) is 9.81. The van der Waals surface area contributed by atoms with Gasteiger partial charge >= 0.3 is 6.03 Å². The van der Waals surface area contributed by atoms with Crippen LogP contribution in [-0.4, -0.2) is 39.6 Å². The fourth-order valence-electron chi connectivity index (χ4n) is 4.45. The topological polar surface area (TPSA) is 50.2 Å². The van der Waals surface area contributed by atoms with Crippen molar-refractivity contribution in [2.24, 2.45) is 0 Å². The number of hydrogen-bond donors (Lipinski definition) is 1. The SMILES string of the molecule is Cc1cnc(C2CC2)n1C1CCCN(C(=O)NC2CCCCC2)C1. The Morgan fingerprint density at radius 3 is 2.67 bits per heavy atom. The third-order valence-corrected chi connectivity index (χ3v) is 5.93. The Morgan fingerprint density at radius 1 is 1.12 bits per heavy atom. The number of piperidine rings is 1. The van der Waals surface area contributed by atoms with Gasteiger partial charge in [0.25, 0.3) is 0 Å². The molecule has 2 heterocycles. The van der Waals surface area contributed by atoms with Gasteiger partial charge in [-0.25, -0.2) is 9.78 Å². The summed E-state index contributed by atoms with van der Waals surface area (Å²) >= 11 is 0. The molecule has 1 saturated heterocycles. The van der Waals surface area contributed by atoms with Crippen molar-refractivity contribution >= 4 is 6.03 Å². The molecule has 1 atom stereocenters. The van der Waals surface area contributed by atoms with Gasteiger partial charge in [0.2, 0.25) is 0 Å². The van der Waals surface area contributed by atoms with E-state index >= 15 is 0 Å². The first kappa shape index (κ1) is 16.0. The number of aryl methyl sites for hydroxylation is 1. The maximum Gasteiger partial charge on any atom is 0.317 e. The van der Waals surface area contributed by atoms with Crippen LogP contribution in [-0.2, 0) is 0 Å². The van der Waals surface area contributed by atoms with Crippen LogP contribution in [0.25, 0.3) is 0 Å². The summed E-state index contributed by atoms with van der Waals surface area (Å²) < 4.78 is 2.43. The monoisotopic (exact) mass is 330 g/mol. The Bertz CT molecular complexity index is 586. The number of amides is 2. The standard InChI is InChI=1S/C19H30N4O/c1-14-12-20-18(15-9-10-15)23(14)17-8-5-11-22(13-17)19(24)21-16-6-3-2-4-7-16/h12,15-17H,2-11,13H2,1H3,(H,21,24). The summed E-state index contributed by atoms with van der Waals surface area (Å²) in [5, 5.41) is 3.28. The highest BCUT2D eigenvalue weighted by Gasteiger charge is 2.33. The second-order valence-electron chi connectivity index (χ2n) is 7.93. The summed E-state index contributed by atoms with van der Waals surface area (Å²) in [7, 11) is 0. The van der Waals surface area contributed by atoms with Crippen molar-refractivity contribution in [3.05, 3.63) is 17.7 Å². The van der Waals surface area contributed by atoms with Crippen LogP contribution in [0.2, 0.25) is 0 Å². The molecule has 1 aromatic rings. The van der Waals surface area contributed by atoms with Gasteiger partial charge in [0.15, 0.2) is 0 Å². The molecule has 5 heteroatoms. The van der Waals surface area contributed by atoms with Gasteiger partial charge in [-0.1, -0.05) is 19.3 Å². The second-order valence-corrected chi connectivity index (χ2v) is 7.93.